The van der Waals surface area contributed by atoms with Crippen molar-refractivity contribution in [1.29, 1.82) is 0 Å². The first-order valence-corrected chi connectivity index (χ1v) is 7.49. The van der Waals surface area contributed by atoms with Crippen molar-refractivity contribution in [2.75, 3.05) is 17.2 Å². The first-order chi connectivity index (χ1) is 11.6. The molecule has 0 aliphatic carbocycles. The van der Waals surface area contributed by atoms with E-state index in [0.29, 0.717) is 23.5 Å². The van der Waals surface area contributed by atoms with Gasteiger partial charge in [-0.2, -0.15) is 0 Å². The average Bonchev–Trinajstić information content (AvgIpc) is 2.59. The SMILES string of the molecule is NNC(=O)CN1C(=O)C(Cc2ccccc2)Oc2cc(N)ccc21. The molecule has 2 aromatic carbocycles. The lowest BCUT2D eigenvalue weighted by molar-refractivity contribution is -0.128. The van der Waals surface area contributed by atoms with Crippen LogP contribution in [0.2, 0.25) is 0 Å². The van der Waals surface area contributed by atoms with Crippen LogP contribution in [0.25, 0.3) is 0 Å². The summed E-state index contributed by atoms with van der Waals surface area (Å²) >= 11 is 0. The zero-order valence-corrected chi connectivity index (χ0v) is 12.9. The van der Waals surface area contributed by atoms with Crippen LogP contribution in [0, 0.1) is 0 Å². The van der Waals surface area contributed by atoms with Gasteiger partial charge in [-0.1, -0.05) is 30.3 Å². The van der Waals surface area contributed by atoms with Gasteiger partial charge < -0.3 is 10.5 Å². The number of anilines is 2. The van der Waals surface area contributed by atoms with Crippen molar-refractivity contribution in [3.8, 4) is 5.75 Å². The van der Waals surface area contributed by atoms with Crippen molar-refractivity contribution in [2.45, 2.75) is 12.5 Å². The second-order valence-electron chi connectivity index (χ2n) is 5.52. The average molecular weight is 326 g/mol. The Kier molecular flexibility index (Phi) is 4.35. The Morgan fingerprint density at radius 2 is 1.96 bits per heavy atom. The third-order valence-electron chi connectivity index (χ3n) is 3.81. The maximum absolute atomic E-state index is 12.8. The zero-order valence-electron chi connectivity index (χ0n) is 12.9. The summed E-state index contributed by atoms with van der Waals surface area (Å²) in [6.45, 7) is -0.180. The van der Waals surface area contributed by atoms with Crippen LogP contribution in [0.5, 0.6) is 5.75 Å². The maximum atomic E-state index is 12.8. The van der Waals surface area contributed by atoms with E-state index in [0.717, 1.165) is 5.56 Å². The van der Waals surface area contributed by atoms with Crippen molar-refractivity contribution < 1.29 is 14.3 Å². The number of rotatable bonds is 4. The Hall–Kier alpha value is -3.06. The molecule has 7 nitrogen and oxygen atoms in total. The maximum Gasteiger partial charge on any atom is 0.268 e. The van der Waals surface area contributed by atoms with Crippen LogP contribution < -0.4 is 26.6 Å². The normalized spacial score (nSPS) is 16.3. The van der Waals surface area contributed by atoms with Crippen LogP contribution in [0.4, 0.5) is 11.4 Å². The number of hydrazine groups is 1. The Labute approximate surface area is 139 Å². The Bertz CT molecular complexity index is 764. The Balaban J connectivity index is 1.93. The molecule has 0 spiro atoms. The molecule has 124 valence electrons. The molecule has 5 N–H and O–H groups in total. The van der Waals surface area contributed by atoms with Gasteiger partial charge >= 0.3 is 0 Å². The smallest absolute Gasteiger partial charge is 0.268 e. The highest BCUT2D eigenvalue weighted by molar-refractivity contribution is 6.04. The predicted molar refractivity (Wildman–Crippen MR) is 90.1 cm³/mol. The molecule has 2 aromatic rings. The molecular formula is C17H18N4O3. The summed E-state index contributed by atoms with van der Waals surface area (Å²) < 4.78 is 5.84. The van der Waals surface area contributed by atoms with Crippen molar-refractivity contribution in [3.63, 3.8) is 0 Å². The van der Waals surface area contributed by atoms with Gasteiger partial charge in [0, 0.05) is 18.2 Å². The fourth-order valence-corrected chi connectivity index (χ4v) is 2.65. The van der Waals surface area contributed by atoms with Gasteiger partial charge in [-0.25, -0.2) is 5.84 Å². The van der Waals surface area contributed by atoms with E-state index in [-0.39, 0.29) is 12.5 Å². The summed E-state index contributed by atoms with van der Waals surface area (Å²) in [6.07, 6.45) is -0.332. The molecule has 7 heteroatoms. The van der Waals surface area contributed by atoms with Gasteiger partial charge in [0.05, 0.1) is 5.69 Å². The number of nitrogens with zero attached hydrogens (tertiary/aromatic N) is 1. The van der Waals surface area contributed by atoms with E-state index in [2.05, 4.69) is 0 Å². The largest absolute Gasteiger partial charge is 0.478 e. The molecule has 0 bridgehead atoms. The number of benzene rings is 2. The molecule has 1 unspecified atom stereocenters. The molecule has 24 heavy (non-hydrogen) atoms. The van der Waals surface area contributed by atoms with E-state index in [1.807, 2.05) is 35.8 Å². The molecule has 0 radical (unpaired) electrons. The minimum Gasteiger partial charge on any atom is -0.478 e. The van der Waals surface area contributed by atoms with Crippen molar-refractivity contribution in [1.82, 2.24) is 5.43 Å². The number of nitrogens with two attached hydrogens (primary N) is 2. The van der Waals surface area contributed by atoms with Gasteiger partial charge in [-0.3, -0.25) is 19.9 Å². The number of ether oxygens (including phenoxy) is 1. The van der Waals surface area contributed by atoms with Crippen LogP contribution in [0.15, 0.2) is 48.5 Å². The minimum absolute atomic E-state index is 0.180. The summed E-state index contributed by atoms with van der Waals surface area (Å²) in [4.78, 5) is 25.8. The molecule has 1 heterocycles. The first kappa shape index (κ1) is 15.8. The number of nitrogens with one attached hydrogen (secondary N) is 1. The number of carbonyl (C=O) groups excluding carboxylic acids is 2. The van der Waals surface area contributed by atoms with E-state index < -0.39 is 12.0 Å². The number of nitrogen functional groups attached to an aromatic ring is 1. The summed E-state index contributed by atoms with van der Waals surface area (Å²) in [5.74, 6) is 4.86. The lowest BCUT2D eigenvalue weighted by Crippen LogP contribution is -2.51. The molecular weight excluding hydrogens is 308 g/mol. The fourth-order valence-electron chi connectivity index (χ4n) is 2.65. The third-order valence-corrected chi connectivity index (χ3v) is 3.81. The molecule has 2 amide bonds. The first-order valence-electron chi connectivity index (χ1n) is 7.49. The Morgan fingerprint density at radius 1 is 1.21 bits per heavy atom. The van der Waals surface area contributed by atoms with Crippen LogP contribution >= 0.6 is 0 Å². The van der Waals surface area contributed by atoms with Crippen LogP contribution in [-0.4, -0.2) is 24.5 Å². The van der Waals surface area contributed by atoms with Gasteiger partial charge in [-0.05, 0) is 17.7 Å². The van der Waals surface area contributed by atoms with Crippen LogP contribution in [0.3, 0.4) is 0 Å². The molecule has 1 aliphatic rings. The predicted octanol–water partition coefficient (Wildman–Crippen LogP) is 0.595. The zero-order chi connectivity index (χ0) is 17.1. The number of hydrogen-bond donors (Lipinski definition) is 3. The summed E-state index contributed by atoms with van der Waals surface area (Å²) in [6, 6.07) is 14.5. The molecule has 0 fully saturated rings. The second kappa shape index (κ2) is 6.59. The molecule has 1 atom stereocenters. The fraction of sp³-hybridized carbons (Fsp3) is 0.176. The second-order valence-corrected chi connectivity index (χ2v) is 5.52. The number of hydrogen-bond acceptors (Lipinski definition) is 5. The summed E-state index contributed by atoms with van der Waals surface area (Å²) in [5, 5.41) is 0. The molecule has 0 saturated heterocycles. The van der Waals surface area contributed by atoms with E-state index in [9.17, 15) is 9.59 Å². The highest BCUT2D eigenvalue weighted by Gasteiger charge is 2.35. The lowest BCUT2D eigenvalue weighted by atomic mass is 10.0. The van der Waals surface area contributed by atoms with Gasteiger partial charge in [0.25, 0.3) is 11.8 Å². The molecule has 3 rings (SSSR count). The van der Waals surface area contributed by atoms with E-state index in [1.165, 1.54) is 4.90 Å². The van der Waals surface area contributed by atoms with Crippen LogP contribution in [0.1, 0.15) is 5.56 Å². The van der Waals surface area contributed by atoms with Gasteiger partial charge in [0.15, 0.2) is 6.10 Å². The highest BCUT2D eigenvalue weighted by Crippen LogP contribution is 2.36. The van der Waals surface area contributed by atoms with E-state index in [4.69, 9.17) is 16.3 Å². The monoisotopic (exact) mass is 326 g/mol. The lowest BCUT2D eigenvalue weighted by Gasteiger charge is -2.34. The minimum atomic E-state index is -0.729. The van der Waals surface area contributed by atoms with E-state index in [1.54, 1.807) is 18.2 Å². The topological polar surface area (TPSA) is 111 Å². The standard InChI is InChI=1S/C17H18N4O3/c18-12-6-7-13-14(9-12)24-15(8-11-4-2-1-3-5-11)17(23)21(13)10-16(22)20-19/h1-7,9,15H,8,10,18-19H2,(H,20,22). The van der Waals surface area contributed by atoms with Crippen molar-refractivity contribution in [3.05, 3.63) is 54.1 Å². The van der Waals surface area contributed by atoms with Gasteiger partial charge in [-0.15, -0.1) is 0 Å². The highest BCUT2D eigenvalue weighted by atomic mass is 16.5. The molecule has 1 aliphatic heterocycles. The number of fused-ring (bicyclic) bond motifs is 1. The van der Waals surface area contributed by atoms with Crippen molar-refractivity contribution in [2.24, 2.45) is 5.84 Å². The molecule has 0 saturated carbocycles. The van der Waals surface area contributed by atoms with E-state index >= 15 is 0 Å². The third kappa shape index (κ3) is 3.16. The molecule has 0 aromatic heterocycles. The summed E-state index contributed by atoms with van der Waals surface area (Å²) in [7, 11) is 0. The van der Waals surface area contributed by atoms with Crippen molar-refractivity contribution >= 4 is 23.2 Å². The van der Waals surface area contributed by atoms with Gasteiger partial charge in [0.2, 0.25) is 0 Å². The quantitative estimate of drug-likeness (QED) is 0.330. The summed E-state index contributed by atoms with van der Waals surface area (Å²) in [5.41, 5.74) is 9.83. The van der Waals surface area contributed by atoms with Gasteiger partial charge in [0.1, 0.15) is 12.3 Å². The number of amides is 2. The Morgan fingerprint density at radius 3 is 2.67 bits per heavy atom. The number of carbonyl (C=O) groups is 2. The van der Waals surface area contributed by atoms with Crippen LogP contribution in [-0.2, 0) is 16.0 Å².